The van der Waals surface area contributed by atoms with Gasteiger partial charge >= 0.3 is 0 Å². The Labute approximate surface area is 113 Å². The lowest BCUT2D eigenvalue weighted by Crippen LogP contribution is -2.43. The maximum atomic E-state index is 10.9. The average molecular weight is 263 g/mol. The van der Waals surface area contributed by atoms with Gasteiger partial charge in [0.2, 0.25) is 5.91 Å². The number of ether oxygens (including phenoxy) is 1. The molecule has 104 valence electrons. The van der Waals surface area contributed by atoms with Crippen molar-refractivity contribution in [2.45, 2.75) is 6.92 Å². The van der Waals surface area contributed by atoms with Crippen LogP contribution in [0.15, 0.2) is 24.3 Å². The van der Waals surface area contributed by atoms with Crippen LogP contribution in [-0.2, 0) is 4.79 Å². The zero-order chi connectivity index (χ0) is 13.7. The zero-order valence-corrected chi connectivity index (χ0v) is 11.3. The van der Waals surface area contributed by atoms with Gasteiger partial charge in [0.05, 0.1) is 12.5 Å². The molecule has 5 nitrogen and oxygen atoms in total. The number of piperazine rings is 1. The molecule has 1 aliphatic heterocycles. The summed E-state index contributed by atoms with van der Waals surface area (Å²) in [4.78, 5) is 13.3. The van der Waals surface area contributed by atoms with Crippen LogP contribution in [0.2, 0.25) is 0 Å². The smallest absolute Gasteiger partial charge is 0.223 e. The first-order valence-corrected chi connectivity index (χ1v) is 6.64. The zero-order valence-electron chi connectivity index (χ0n) is 11.3. The summed E-state index contributed by atoms with van der Waals surface area (Å²) >= 11 is 0. The van der Waals surface area contributed by atoms with Gasteiger partial charge in [-0.1, -0.05) is 6.92 Å². The number of hydrogen-bond acceptors (Lipinski definition) is 4. The summed E-state index contributed by atoms with van der Waals surface area (Å²) in [6.45, 7) is 6.18. The molecule has 5 heteroatoms. The SMILES string of the molecule is CC(COc1ccc(N2CCNCC2)cc1)C(N)=O. The highest BCUT2D eigenvalue weighted by Crippen LogP contribution is 2.20. The van der Waals surface area contributed by atoms with Crippen LogP contribution in [0.3, 0.4) is 0 Å². The molecule has 1 unspecified atom stereocenters. The van der Waals surface area contributed by atoms with Crippen LogP contribution in [0.5, 0.6) is 5.75 Å². The third-order valence-corrected chi connectivity index (χ3v) is 3.30. The number of nitrogens with two attached hydrogens (primary N) is 1. The summed E-state index contributed by atoms with van der Waals surface area (Å²) in [7, 11) is 0. The molecule has 1 amide bonds. The second-order valence-electron chi connectivity index (χ2n) is 4.85. The lowest BCUT2D eigenvalue weighted by molar-refractivity contribution is -0.122. The second kappa shape index (κ2) is 6.43. The van der Waals surface area contributed by atoms with Crippen molar-refractivity contribution in [2.24, 2.45) is 11.7 Å². The number of nitrogens with zero attached hydrogens (tertiary/aromatic N) is 1. The second-order valence-corrected chi connectivity index (χ2v) is 4.85. The molecule has 3 N–H and O–H groups in total. The number of carbonyl (C=O) groups is 1. The summed E-state index contributed by atoms with van der Waals surface area (Å²) in [5, 5.41) is 3.33. The Morgan fingerprint density at radius 2 is 2.00 bits per heavy atom. The molecule has 1 atom stereocenters. The van der Waals surface area contributed by atoms with Crippen molar-refractivity contribution in [3.05, 3.63) is 24.3 Å². The van der Waals surface area contributed by atoms with E-state index >= 15 is 0 Å². The Balaban J connectivity index is 1.89. The van der Waals surface area contributed by atoms with E-state index in [1.807, 2.05) is 12.1 Å². The first kappa shape index (κ1) is 13.7. The minimum Gasteiger partial charge on any atom is -0.493 e. The third-order valence-electron chi connectivity index (χ3n) is 3.30. The van der Waals surface area contributed by atoms with Gasteiger partial charge in [-0.25, -0.2) is 0 Å². The summed E-state index contributed by atoms with van der Waals surface area (Å²) in [6, 6.07) is 7.97. The highest BCUT2D eigenvalue weighted by Gasteiger charge is 2.11. The van der Waals surface area contributed by atoms with Crippen molar-refractivity contribution in [3.8, 4) is 5.75 Å². The summed E-state index contributed by atoms with van der Waals surface area (Å²) in [6.07, 6.45) is 0. The molecule has 0 saturated carbocycles. The molecule has 0 spiro atoms. The van der Waals surface area contributed by atoms with Crippen LogP contribution in [0.25, 0.3) is 0 Å². The number of hydrogen-bond donors (Lipinski definition) is 2. The van der Waals surface area contributed by atoms with Gasteiger partial charge in [-0.3, -0.25) is 4.79 Å². The topological polar surface area (TPSA) is 67.6 Å². The van der Waals surface area contributed by atoms with Gasteiger partial charge in [0, 0.05) is 31.9 Å². The Kier molecular flexibility index (Phi) is 4.63. The number of carbonyl (C=O) groups excluding carboxylic acids is 1. The van der Waals surface area contributed by atoms with Crippen LogP contribution < -0.4 is 20.7 Å². The maximum Gasteiger partial charge on any atom is 0.223 e. The van der Waals surface area contributed by atoms with Crippen molar-refractivity contribution in [1.82, 2.24) is 5.32 Å². The number of rotatable bonds is 5. The molecule has 1 fully saturated rings. The van der Waals surface area contributed by atoms with Crippen molar-refractivity contribution in [2.75, 3.05) is 37.7 Å². The number of amides is 1. The fraction of sp³-hybridized carbons (Fsp3) is 0.500. The van der Waals surface area contributed by atoms with Crippen LogP contribution in [-0.4, -0.2) is 38.7 Å². The van der Waals surface area contributed by atoms with E-state index in [-0.39, 0.29) is 11.8 Å². The summed E-state index contributed by atoms with van der Waals surface area (Å²) < 4.78 is 5.54. The molecular weight excluding hydrogens is 242 g/mol. The van der Waals surface area contributed by atoms with E-state index in [0.717, 1.165) is 31.9 Å². The molecule has 0 aromatic heterocycles. The largest absolute Gasteiger partial charge is 0.493 e. The maximum absolute atomic E-state index is 10.9. The third kappa shape index (κ3) is 3.86. The van der Waals surface area contributed by atoms with Crippen LogP contribution in [0.1, 0.15) is 6.92 Å². The molecule has 0 radical (unpaired) electrons. The Morgan fingerprint density at radius 3 is 2.58 bits per heavy atom. The van der Waals surface area contributed by atoms with Gasteiger partial charge < -0.3 is 20.7 Å². The van der Waals surface area contributed by atoms with Crippen molar-refractivity contribution >= 4 is 11.6 Å². The molecule has 1 aromatic rings. The van der Waals surface area contributed by atoms with E-state index in [1.165, 1.54) is 5.69 Å². The average Bonchev–Trinajstić information content (AvgIpc) is 2.46. The molecule has 1 aromatic carbocycles. The van der Waals surface area contributed by atoms with Gasteiger partial charge in [0.25, 0.3) is 0 Å². The molecule has 0 aliphatic carbocycles. The monoisotopic (exact) mass is 263 g/mol. The number of nitrogens with one attached hydrogen (secondary N) is 1. The van der Waals surface area contributed by atoms with E-state index < -0.39 is 0 Å². The summed E-state index contributed by atoms with van der Waals surface area (Å²) in [5.74, 6) is 0.164. The Bertz CT molecular complexity index is 413. The Hall–Kier alpha value is -1.75. The van der Waals surface area contributed by atoms with E-state index in [9.17, 15) is 4.79 Å². The fourth-order valence-electron chi connectivity index (χ4n) is 1.98. The number of benzene rings is 1. The van der Waals surface area contributed by atoms with Crippen LogP contribution >= 0.6 is 0 Å². The van der Waals surface area contributed by atoms with Crippen molar-refractivity contribution in [3.63, 3.8) is 0 Å². The minimum atomic E-state index is -0.336. The predicted octanol–water partition coefficient (Wildman–Crippen LogP) is 0.596. The lowest BCUT2D eigenvalue weighted by atomic mass is 10.2. The van der Waals surface area contributed by atoms with E-state index in [4.69, 9.17) is 10.5 Å². The standard InChI is InChI=1S/C14H21N3O2/c1-11(14(15)18)10-19-13-4-2-12(3-5-13)17-8-6-16-7-9-17/h2-5,11,16H,6-10H2,1H3,(H2,15,18). The van der Waals surface area contributed by atoms with Gasteiger partial charge in [0.15, 0.2) is 0 Å². The first-order valence-electron chi connectivity index (χ1n) is 6.64. The molecule has 2 rings (SSSR count). The molecule has 0 bridgehead atoms. The van der Waals surface area contributed by atoms with Crippen LogP contribution in [0.4, 0.5) is 5.69 Å². The molecular formula is C14H21N3O2. The summed E-state index contributed by atoms with van der Waals surface area (Å²) in [5.41, 5.74) is 6.40. The minimum absolute atomic E-state index is 0.271. The lowest BCUT2D eigenvalue weighted by Gasteiger charge is -2.29. The predicted molar refractivity (Wildman–Crippen MR) is 75.4 cm³/mol. The molecule has 1 heterocycles. The van der Waals surface area contributed by atoms with Crippen molar-refractivity contribution in [1.29, 1.82) is 0 Å². The normalized spacial score (nSPS) is 17.0. The van der Waals surface area contributed by atoms with Crippen molar-refractivity contribution < 1.29 is 9.53 Å². The number of anilines is 1. The highest BCUT2D eigenvalue weighted by atomic mass is 16.5. The van der Waals surface area contributed by atoms with Gasteiger partial charge in [-0.15, -0.1) is 0 Å². The molecule has 19 heavy (non-hydrogen) atoms. The van der Waals surface area contributed by atoms with E-state index in [0.29, 0.717) is 6.61 Å². The van der Waals surface area contributed by atoms with Gasteiger partial charge in [0.1, 0.15) is 5.75 Å². The van der Waals surface area contributed by atoms with E-state index in [1.54, 1.807) is 6.92 Å². The quantitative estimate of drug-likeness (QED) is 0.816. The molecule has 1 aliphatic rings. The van der Waals surface area contributed by atoms with E-state index in [2.05, 4.69) is 22.3 Å². The molecule has 1 saturated heterocycles. The fourth-order valence-corrected chi connectivity index (χ4v) is 1.98. The highest BCUT2D eigenvalue weighted by molar-refractivity contribution is 5.76. The van der Waals surface area contributed by atoms with Crippen LogP contribution in [0, 0.1) is 5.92 Å². The van der Waals surface area contributed by atoms with Gasteiger partial charge in [-0.2, -0.15) is 0 Å². The van der Waals surface area contributed by atoms with Gasteiger partial charge in [-0.05, 0) is 24.3 Å². The number of primary amides is 1. The first-order chi connectivity index (χ1) is 9.16. The Morgan fingerprint density at radius 1 is 1.37 bits per heavy atom.